The number of hydrogen-bond donors (Lipinski definition) is 3. The van der Waals surface area contributed by atoms with Crippen molar-refractivity contribution in [2.75, 3.05) is 53.2 Å². The highest BCUT2D eigenvalue weighted by atomic mass is 16.5. The van der Waals surface area contributed by atoms with Gasteiger partial charge in [-0.2, -0.15) is 0 Å². The van der Waals surface area contributed by atoms with Crippen molar-refractivity contribution in [3.63, 3.8) is 0 Å². The predicted molar refractivity (Wildman–Crippen MR) is 353 cm³/mol. The van der Waals surface area contributed by atoms with Crippen LogP contribution in [0.15, 0.2) is 91.0 Å². The van der Waals surface area contributed by atoms with Gasteiger partial charge in [0.1, 0.15) is 13.2 Å². The summed E-state index contributed by atoms with van der Waals surface area (Å²) in [5.41, 5.74) is 3.18. The minimum Gasteiger partial charge on any atom is -0.396 e. The van der Waals surface area contributed by atoms with Crippen LogP contribution in [0.3, 0.4) is 0 Å². The number of hydrogen-bond acceptors (Lipinski definition) is 6. The first-order chi connectivity index (χ1) is 38.3. The minimum atomic E-state index is 0.00861. The van der Waals surface area contributed by atoms with E-state index < -0.39 is 0 Å². The van der Waals surface area contributed by atoms with Crippen molar-refractivity contribution < 1.29 is 28.9 Å². The first-order valence-corrected chi connectivity index (χ1v) is 31.3. The van der Waals surface area contributed by atoms with Crippen LogP contribution in [0.25, 0.3) is 0 Å². The van der Waals surface area contributed by atoms with Crippen LogP contribution in [0, 0.1) is 76.9 Å². The number of carbonyl (C=O) groups excluding carboxylic acids is 2. The van der Waals surface area contributed by atoms with Crippen LogP contribution >= 0.6 is 0 Å². The summed E-state index contributed by atoms with van der Waals surface area (Å²) < 4.78 is 15.5. The summed E-state index contributed by atoms with van der Waals surface area (Å²) in [7, 11) is 1.70. The molecule has 0 atom stereocenters. The highest BCUT2D eigenvalue weighted by Crippen LogP contribution is 2.24. The van der Waals surface area contributed by atoms with Crippen molar-refractivity contribution in [2.24, 2.45) is 53.3 Å². The average Bonchev–Trinajstić information content (AvgIpc) is 3.43. The van der Waals surface area contributed by atoms with Gasteiger partial charge < -0.3 is 30.0 Å². The SMILES string of the molecule is CC(C)C.CC(C)C.CC(C)CNC(=O)C1CCCCC1.CC(C)CNC(=O)c1ccccc1.CC(C)CO.CC(C)COCC#CC1CCCCC1.CC(C)COCC#Cc1ccccc1.CC(C)c1ccccc1.COC(C)C. The Morgan fingerprint density at radius 3 is 1.27 bits per heavy atom. The molecule has 0 bridgehead atoms. The fourth-order valence-electron chi connectivity index (χ4n) is 6.42. The molecule has 0 aromatic heterocycles. The Labute approximate surface area is 501 Å². The van der Waals surface area contributed by atoms with E-state index in [1.807, 2.05) is 94.4 Å². The summed E-state index contributed by atoms with van der Waals surface area (Å²) in [6.45, 7) is 47.0. The zero-order chi connectivity index (χ0) is 62.2. The van der Waals surface area contributed by atoms with E-state index >= 15 is 0 Å². The second-order valence-corrected chi connectivity index (χ2v) is 25.0. The Bertz CT molecular complexity index is 1890. The van der Waals surface area contributed by atoms with Crippen LogP contribution < -0.4 is 10.6 Å². The third-order valence-corrected chi connectivity index (χ3v) is 10.8. The molecule has 0 spiro atoms. The molecule has 0 radical (unpaired) electrons. The van der Waals surface area contributed by atoms with Crippen LogP contribution in [0.5, 0.6) is 0 Å². The van der Waals surface area contributed by atoms with Crippen molar-refractivity contribution in [2.45, 2.75) is 215 Å². The summed E-state index contributed by atoms with van der Waals surface area (Å²) >= 11 is 0. The topological polar surface area (TPSA) is 106 Å². The standard InChI is InChI=1S/C13H22O.C13H16O.C11H21NO.C11H15NO.C9H12.2C4H10O.2C4H10/c2*1-12(2)11-14-10-6-9-13-7-4-3-5-8-13;2*1-9(2)8-12-11(13)10-6-4-3-5-7-10;1-8(2)9-6-4-3-5-7-9;1-4(2)5-3;1-4(2)3-5;2*1-4(2)3/h12-13H,3-5,7-8,10-11H2,1-2H3;3-5,7-8,12H,10-11H2,1-2H3;9-10H,3-8H2,1-2H3,(H,12,13);3-7,9H,8H2,1-2H3,(H,12,13);3-8H,1-2H3;4H,1-3H3;4-5H,3H2,1-2H3;2*4H,1-3H3. The molecule has 464 valence electrons. The quantitative estimate of drug-likeness (QED) is 0.103. The molecule has 2 fully saturated rings. The van der Waals surface area contributed by atoms with Crippen molar-refractivity contribution in [3.8, 4) is 23.7 Å². The molecule has 2 aliphatic rings. The molecule has 3 aromatic rings. The lowest BCUT2D eigenvalue weighted by Crippen LogP contribution is -2.34. The van der Waals surface area contributed by atoms with Crippen molar-refractivity contribution >= 4 is 11.8 Å². The van der Waals surface area contributed by atoms with Gasteiger partial charge in [-0.05, 0) is 117 Å². The first kappa shape index (κ1) is 83.0. The molecule has 8 nitrogen and oxygen atoms in total. The summed E-state index contributed by atoms with van der Waals surface area (Å²) in [5.74, 6) is 18.8. The number of nitrogens with one attached hydrogen (secondary N) is 2. The summed E-state index contributed by atoms with van der Waals surface area (Å²) in [4.78, 5) is 23.0. The van der Waals surface area contributed by atoms with Gasteiger partial charge in [0, 0.05) is 49.8 Å². The van der Waals surface area contributed by atoms with Gasteiger partial charge in [-0.3, -0.25) is 9.59 Å². The van der Waals surface area contributed by atoms with E-state index in [1.165, 1.54) is 56.9 Å². The predicted octanol–water partition coefficient (Wildman–Crippen LogP) is 18.2. The Balaban J connectivity index is -0.000000427. The van der Waals surface area contributed by atoms with Crippen molar-refractivity contribution in [1.29, 1.82) is 0 Å². The Morgan fingerprint density at radius 2 is 0.901 bits per heavy atom. The third kappa shape index (κ3) is 68.0. The molecule has 81 heavy (non-hydrogen) atoms. The van der Waals surface area contributed by atoms with Gasteiger partial charge in [0.15, 0.2) is 0 Å². The zero-order valence-corrected chi connectivity index (χ0v) is 56.0. The van der Waals surface area contributed by atoms with E-state index in [9.17, 15) is 9.59 Å². The van der Waals surface area contributed by atoms with E-state index in [2.05, 4.69) is 169 Å². The highest BCUT2D eigenvalue weighted by Gasteiger charge is 2.20. The maximum Gasteiger partial charge on any atom is 0.251 e. The number of rotatable bonds is 15. The first-order valence-electron chi connectivity index (χ1n) is 31.3. The molecule has 0 unspecified atom stereocenters. The molecular weight excluding hydrogens is 1000 g/mol. The van der Waals surface area contributed by atoms with Gasteiger partial charge in [-0.1, -0.05) is 254 Å². The lowest BCUT2D eigenvalue weighted by atomic mass is 9.88. The molecule has 2 aliphatic carbocycles. The molecular formula is C73H126N2O6. The minimum absolute atomic E-state index is 0.00861. The van der Waals surface area contributed by atoms with E-state index in [0.29, 0.717) is 73.3 Å². The van der Waals surface area contributed by atoms with Gasteiger partial charge in [0.2, 0.25) is 5.91 Å². The fraction of sp³-hybridized carbons (Fsp3) is 0.671. The Hall–Kier alpha value is -4.44. The maximum atomic E-state index is 11.6. The average molecular weight is 1130 g/mol. The molecule has 0 aliphatic heterocycles. The van der Waals surface area contributed by atoms with Crippen LogP contribution in [0.2, 0.25) is 0 Å². The van der Waals surface area contributed by atoms with Crippen LogP contribution in [0.4, 0.5) is 0 Å². The lowest BCUT2D eigenvalue weighted by molar-refractivity contribution is -0.126. The van der Waals surface area contributed by atoms with Gasteiger partial charge in [-0.15, -0.1) is 0 Å². The normalized spacial score (nSPS) is 12.6. The van der Waals surface area contributed by atoms with Gasteiger partial charge in [-0.25, -0.2) is 0 Å². The van der Waals surface area contributed by atoms with Crippen molar-refractivity contribution in [3.05, 3.63) is 108 Å². The summed E-state index contributed by atoms with van der Waals surface area (Å²) in [5, 5.41) is 14.0. The molecule has 5 rings (SSSR count). The second-order valence-electron chi connectivity index (χ2n) is 25.0. The number of amides is 2. The van der Waals surface area contributed by atoms with Crippen LogP contribution in [0.1, 0.15) is 230 Å². The highest BCUT2D eigenvalue weighted by molar-refractivity contribution is 5.94. The Morgan fingerprint density at radius 1 is 0.519 bits per heavy atom. The molecule has 2 amide bonds. The molecule has 3 N–H and O–H groups in total. The van der Waals surface area contributed by atoms with E-state index in [1.54, 1.807) is 7.11 Å². The molecule has 3 aromatic carbocycles. The third-order valence-electron chi connectivity index (χ3n) is 10.8. The monoisotopic (exact) mass is 1130 g/mol. The van der Waals surface area contributed by atoms with E-state index in [4.69, 9.17) is 19.3 Å². The number of benzene rings is 3. The molecule has 0 heterocycles. The van der Waals surface area contributed by atoms with E-state index in [0.717, 1.165) is 62.1 Å². The maximum absolute atomic E-state index is 11.6. The van der Waals surface area contributed by atoms with E-state index in [-0.39, 0.29) is 11.8 Å². The zero-order valence-electron chi connectivity index (χ0n) is 56.0. The lowest BCUT2D eigenvalue weighted by Gasteiger charge is -2.21. The number of carbonyl (C=O) groups is 2. The van der Waals surface area contributed by atoms with Crippen LogP contribution in [-0.2, 0) is 19.0 Å². The molecule has 0 saturated heterocycles. The Kier molecular flexibility index (Phi) is 60.2. The van der Waals surface area contributed by atoms with Crippen LogP contribution in [-0.4, -0.2) is 76.3 Å². The van der Waals surface area contributed by atoms with Gasteiger partial charge in [0.05, 0.1) is 19.3 Å². The number of methoxy groups -OCH3 is 1. The summed E-state index contributed by atoms with van der Waals surface area (Å²) in [6.07, 6.45) is 13.1. The number of ether oxygens (including phenoxy) is 3. The summed E-state index contributed by atoms with van der Waals surface area (Å²) in [6, 6.07) is 29.7. The molecule has 8 heteroatoms. The second kappa shape index (κ2) is 58.7. The fourth-order valence-corrected chi connectivity index (χ4v) is 6.42. The molecule has 2 saturated carbocycles. The largest absolute Gasteiger partial charge is 0.396 e. The smallest absolute Gasteiger partial charge is 0.251 e. The number of aliphatic hydroxyl groups is 1. The van der Waals surface area contributed by atoms with Gasteiger partial charge in [0.25, 0.3) is 5.91 Å². The van der Waals surface area contributed by atoms with Gasteiger partial charge >= 0.3 is 0 Å². The number of aliphatic hydroxyl groups excluding tert-OH is 1. The van der Waals surface area contributed by atoms with Crippen molar-refractivity contribution in [1.82, 2.24) is 10.6 Å².